The summed E-state index contributed by atoms with van der Waals surface area (Å²) in [7, 11) is 1.55. The molecule has 0 spiro atoms. The predicted octanol–water partition coefficient (Wildman–Crippen LogP) is 3.58. The van der Waals surface area contributed by atoms with Crippen molar-refractivity contribution in [2.75, 3.05) is 7.11 Å². The Morgan fingerprint density at radius 1 is 1.32 bits per heavy atom. The number of methoxy groups -OCH3 is 1. The van der Waals surface area contributed by atoms with E-state index in [2.05, 4.69) is 6.07 Å². The van der Waals surface area contributed by atoms with Gasteiger partial charge in [0.1, 0.15) is 5.75 Å². The first-order valence-corrected chi connectivity index (χ1v) is 6.16. The number of ketones is 1. The van der Waals surface area contributed by atoms with E-state index in [0.717, 1.165) is 10.8 Å². The van der Waals surface area contributed by atoms with Crippen molar-refractivity contribution in [1.82, 2.24) is 0 Å². The van der Waals surface area contributed by atoms with Gasteiger partial charge in [0.05, 0.1) is 24.7 Å². The molecule has 19 heavy (non-hydrogen) atoms. The van der Waals surface area contributed by atoms with Gasteiger partial charge in [-0.05, 0) is 23.8 Å². The van der Waals surface area contributed by atoms with Crippen LogP contribution in [0.2, 0.25) is 0 Å². The van der Waals surface area contributed by atoms with Crippen molar-refractivity contribution < 1.29 is 9.53 Å². The van der Waals surface area contributed by atoms with E-state index in [1.54, 1.807) is 20.1 Å². The van der Waals surface area contributed by atoms with Crippen molar-refractivity contribution in [2.24, 2.45) is 5.92 Å². The predicted molar refractivity (Wildman–Crippen MR) is 74.2 cm³/mol. The molecule has 3 nitrogen and oxygen atoms in total. The summed E-state index contributed by atoms with van der Waals surface area (Å²) in [4.78, 5) is 12.4. The highest BCUT2D eigenvalue weighted by Crippen LogP contribution is 2.29. The van der Waals surface area contributed by atoms with Gasteiger partial charge in [0.15, 0.2) is 5.78 Å². The summed E-state index contributed by atoms with van der Waals surface area (Å²) in [5, 5.41) is 10.7. The number of carbonyl (C=O) groups is 1. The number of carbonyl (C=O) groups excluding carboxylic acids is 1. The van der Waals surface area contributed by atoms with E-state index in [-0.39, 0.29) is 18.1 Å². The molecule has 1 unspecified atom stereocenters. The summed E-state index contributed by atoms with van der Waals surface area (Å²) in [6, 6.07) is 13.5. The smallest absolute Gasteiger partial charge is 0.168 e. The first kappa shape index (κ1) is 13.1. The van der Waals surface area contributed by atoms with Crippen LogP contribution >= 0.6 is 0 Å². The Hall–Kier alpha value is -2.34. The van der Waals surface area contributed by atoms with Gasteiger partial charge >= 0.3 is 0 Å². The molecule has 0 radical (unpaired) electrons. The van der Waals surface area contributed by atoms with Gasteiger partial charge in [0.25, 0.3) is 0 Å². The normalized spacial score (nSPS) is 11.8. The summed E-state index contributed by atoms with van der Waals surface area (Å²) in [5.41, 5.74) is 0.572. The molecule has 2 rings (SSSR count). The molecule has 0 aliphatic rings. The molecule has 2 aromatic carbocycles. The van der Waals surface area contributed by atoms with E-state index in [0.29, 0.717) is 11.3 Å². The first-order chi connectivity index (χ1) is 9.17. The summed E-state index contributed by atoms with van der Waals surface area (Å²) in [6.07, 6.45) is 0.209. The van der Waals surface area contributed by atoms with Crippen molar-refractivity contribution in [3.63, 3.8) is 0 Å². The average Bonchev–Trinajstić information content (AvgIpc) is 2.45. The molecule has 2 aromatic rings. The van der Waals surface area contributed by atoms with Gasteiger partial charge in [-0.2, -0.15) is 5.26 Å². The number of benzene rings is 2. The second-order valence-corrected chi connectivity index (χ2v) is 4.52. The van der Waals surface area contributed by atoms with Crippen molar-refractivity contribution in [1.29, 1.82) is 5.26 Å². The summed E-state index contributed by atoms with van der Waals surface area (Å²) in [6.45, 7) is 1.75. The third-order valence-corrected chi connectivity index (χ3v) is 3.10. The zero-order valence-electron chi connectivity index (χ0n) is 11.0. The molecule has 0 amide bonds. The fourth-order valence-corrected chi connectivity index (χ4v) is 2.14. The van der Waals surface area contributed by atoms with Crippen LogP contribution in [0.1, 0.15) is 23.7 Å². The number of hydrogen-bond acceptors (Lipinski definition) is 3. The van der Waals surface area contributed by atoms with E-state index in [4.69, 9.17) is 10.00 Å². The molecule has 96 valence electrons. The van der Waals surface area contributed by atoms with Crippen molar-refractivity contribution in [3.05, 3.63) is 42.0 Å². The van der Waals surface area contributed by atoms with Crippen LogP contribution in [0.5, 0.6) is 5.75 Å². The number of nitrogens with zero attached hydrogens (tertiary/aromatic N) is 1. The lowest BCUT2D eigenvalue weighted by molar-refractivity contribution is 0.0971. The molecular formula is C16H15NO2. The quantitative estimate of drug-likeness (QED) is 0.782. The largest absolute Gasteiger partial charge is 0.496 e. The Bertz CT molecular complexity index is 655. The fraction of sp³-hybridized carbons (Fsp3) is 0.250. The molecule has 0 saturated heterocycles. The maximum absolute atomic E-state index is 12.4. The van der Waals surface area contributed by atoms with Gasteiger partial charge in [0, 0.05) is 6.42 Å². The van der Waals surface area contributed by atoms with Crippen LogP contribution in [0, 0.1) is 17.2 Å². The Morgan fingerprint density at radius 3 is 2.74 bits per heavy atom. The Kier molecular flexibility index (Phi) is 3.82. The number of hydrogen-bond donors (Lipinski definition) is 0. The summed E-state index contributed by atoms with van der Waals surface area (Å²) < 4.78 is 5.29. The number of fused-ring (bicyclic) bond motifs is 1. The molecule has 0 aliphatic carbocycles. The molecule has 0 N–H and O–H groups in total. The van der Waals surface area contributed by atoms with Gasteiger partial charge < -0.3 is 4.74 Å². The van der Waals surface area contributed by atoms with E-state index >= 15 is 0 Å². The highest BCUT2D eigenvalue weighted by Gasteiger charge is 2.18. The van der Waals surface area contributed by atoms with Crippen molar-refractivity contribution in [2.45, 2.75) is 13.3 Å². The fourth-order valence-electron chi connectivity index (χ4n) is 2.14. The molecule has 0 fully saturated rings. The first-order valence-electron chi connectivity index (χ1n) is 6.16. The minimum absolute atomic E-state index is 0.0531. The van der Waals surface area contributed by atoms with Crippen LogP contribution in [0.3, 0.4) is 0 Å². The Labute approximate surface area is 112 Å². The van der Waals surface area contributed by atoms with Crippen LogP contribution in [-0.2, 0) is 0 Å². The van der Waals surface area contributed by atoms with Crippen LogP contribution in [0.25, 0.3) is 10.8 Å². The standard InChI is InChI=1S/C16H15NO2/c1-11(10-17)9-14(18)16-13-6-4-3-5-12(13)7-8-15(16)19-2/h3-8,11H,9H2,1-2H3. The lowest BCUT2D eigenvalue weighted by Gasteiger charge is -2.11. The van der Waals surface area contributed by atoms with E-state index < -0.39 is 0 Å². The highest BCUT2D eigenvalue weighted by atomic mass is 16.5. The SMILES string of the molecule is COc1ccc2ccccc2c1C(=O)CC(C)C#N. The lowest BCUT2D eigenvalue weighted by atomic mass is 9.95. The molecule has 0 aliphatic heterocycles. The van der Waals surface area contributed by atoms with Crippen molar-refractivity contribution in [3.8, 4) is 11.8 Å². The Morgan fingerprint density at radius 2 is 2.05 bits per heavy atom. The van der Waals surface area contributed by atoms with Crippen LogP contribution in [0.15, 0.2) is 36.4 Å². The monoisotopic (exact) mass is 253 g/mol. The molecule has 1 atom stereocenters. The van der Waals surface area contributed by atoms with E-state index in [1.165, 1.54) is 0 Å². The van der Waals surface area contributed by atoms with Crippen LogP contribution in [-0.4, -0.2) is 12.9 Å². The Balaban J connectivity index is 2.56. The minimum atomic E-state index is -0.295. The molecule has 0 heterocycles. The highest BCUT2D eigenvalue weighted by molar-refractivity contribution is 6.10. The maximum Gasteiger partial charge on any atom is 0.168 e. The molecule has 3 heteroatoms. The molecule has 0 saturated carbocycles. The van der Waals surface area contributed by atoms with Gasteiger partial charge in [0.2, 0.25) is 0 Å². The number of nitriles is 1. The number of ether oxygens (including phenoxy) is 1. The van der Waals surface area contributed by atoms with Crippen LogP contribution < -0.4 is 4.74 Å². The molecular weight excluding hydrogens is 238 g/mol. The number of rotatable bonds is 4. The zero-order chi connectivity index (χ0) is 13.8. The second-order valence-electron chi connectivity index (χ2n) is 4.52. The van der Waals surface area contributed by atoms with E-state index in [1.807, 2.05) is 30.3 Å². The summed E-state index contributed by atoms with van der Waals surface area (Å²) >= 11 is 0. The number of Topliss-reactive ketones (excluding diaryl/α,β-unsaturated/α-hetero) is 1. The van der Waals surface area contributed by atoms with Gasteiger partial charge in [-0.15, -0.1) is 0 Å². The van der Waals surface area contributed by atoms with Crippen molar-refractivity contribution >= 4 is 16.6 Å². The van der Waals surface area contributed by atoms with Gasteiger partial charge in [-0.1, -0.05) is 30.3 Å². The summed E-state index contributed by atoms with van der Waals surface area (Å²) in [5.74, 6) is 0.215. The molecule has 0 aromatic heterocycles. The zero-order valence-corrected chi connectivity index (χ0v) is 11.0. The third-order valence-electron chi connectivity index (χ3n) is 3.10. The minimum Gasteiger partial charge on any atom is -0.496 e. The lowest BCUT2D eigenvalue weighted by Crippen LogP contribution is -2.07. The maximum atomic E-state index is 12.4. The van der Waals surface area contributed by atoms with Gasteiger partial charge in [-0.3, -0.25) is 4.79 Å². The van der Waals surface area contributed by atoms with Crippen LogP contribution in [0.4, 0.5) is 0 Å². The second kappa shape index (κ2) is 5.53. The molecule has 0 bridgehead atoms. The van der Waals surface area contributed by atoms with Gasteiger partial charge in [-0.25, -0.2) is 0 Å². The van der Waals surface area contributed by atoms with E-state index in [9.17, 15) is 4.79 Å². The topological polar surface area (TPSA) is 50.1 Å². The third kappa shape index (κ3) is 2.58. The average molecular weight is 253 g/mol.